The SMILES string of the molecule is Cc1cnccc1-c1cccc(C(C)N(CCCCNC(=O)NCCS(=O)(=O)N[C@@H](C)C(=O)O)S(=O)(=O)c2ccccc2C(F)(F)F)c1. The van der Waals surface area contributed by atoms with Crippen molar-refractivity contribution in [3.8, 4) is 11.1 Å². The topological polar surface area (TPSA) is 175 Å². The molecule has 0 aliphatic rings. The molecule has 1 heterocycles. The lowest BCUT2D eigenvalue weighted by atomic mass is 9.98. The van der Waals surface area contributed by atoms with Gasteiger partial charge in [0.25, 0.3) is 0 Å². The van der Waals surface area contributed by atoms with Crippen LogP contribution in [0.4, 0.5) is 18.0 Å². The van der Waals surface area contributed by atoms with Gasteiger partial charge in [-0.2, -0.15) is 17.5 Å². The number of carboxylic acid groups (broad SMARTS) is 1. The first-order valence-electron chi connectivity index (χ1n) is 14.9. The number of pyridine rings is 1. The molecule has 0 saturated heterocycles. The number of hydrogen-bond donors (Lipinski definition) is 4. The number of carbonyl (C=O) groups is 2. The first-order valence-corrected chi connectivity index (χ1v) is 18.0. The molecule has 2 atom stereocenters. The number of alkyl halides is 3. The Morgan fingerprint density at radius 3 is 2.31 bits per heavy atom. The summed E-state index contributed by atoms with van der Waals surface area (Å²) in [7, 11) is -8.66. The molecule has 17 heteroatoms. The summed E-state index contributed by atoms with van der Waals surface area (Å²) in [6.07, 6.45) is -1.21. The van der Waals surface area contributed by atoms with Gasteiger partial charge >= 0.3 is 18.2 Å². The van der Waals surface area contributed by atoms with Crippen LogP contribution in [0.3, 0.4) is 0 Å². The summed E-state index contributed by atoms with van der Waals surface area (Å²) in [6, 6.07) is 9.95. The van der Waals surface area contributed by atoms with Crippen molar-refractivity contribution in [1.82, 2.24) is 24.6 Å². The zero-order chi connectivity index (χ0) is 35.7. The van der Waals surface area contributed by atoms with Gasteiger partial charge in [0, 0.05) is 38.1 Å². The van der Waals surface area contributed by atoms with Gasteiger partial charge in [0.1, 0.15) is 6.04 Å². The van der Waals surface area contributed by atoms with E-state index in [1.807, 2.05) is 23.8 Å². The number of aliphatic carboxylic acids is 1. The number of aromatic nitrogens is 1. The minimum absolute atomic E-state index is 0.0467. The predicted octanol–water partition coefficient (Wildman–Crippen LogP) is 4.30. The van der Waals surface area contributed by atoms with Gasteiger partial charge in [0.2, 0.25) is 20.0 Å². The molecular formula is C31H38F3N5O7S2. The second-order valence-corrected chi connectivity index (χ2v) is 14.7. The number of nitrogens with zero attached hydrogens (tertiary/aromatic N) is 2. The Morgan fingerprint density at radius 1 is 0.958 bits per heavy atom. The first kappa shape index (κ1) is 38.4. The van der Waals surface area contributed by atoms with Crippen LogP contribution in [0.1, 0.15) is 49.4 Å². The summed E-state index contributed by atoms with van der Waals surface area (Å²) in [4.78, 5) is 26.2. The van der Waals surface area contributed by atoms with E-state index in [4.69, 9.17) is 5.11 Å². The van der Waals surface area contributed by atoms with E-state index in [9.17, 15) is 39.6 Å². The molecule has 12 nitrogen and oxygen atoms in total. The fraction of sp³-hybridized carbons (Fsp3) is 0.387. The second kappa shape index (κ2) is 16.4. The van der Waals surface area contributed by atoms with Crippen LogP contribution in [0.15, 0.2) is 71.9 Å². The van der Waals surface area contributed by atoms with Gasteiger partial charge in [-0.3, -0.25) is 9.78 Å². The van der Waals surface area contributed by atoms with E-state index in [0.29, 0.717) is 5.56 Å². The zero-order valence-corrected chi connectivity index (χ0v) is 28.1. The lowest BCUT2D eigenvalue weighted by molar-refractivity contribution is -0.140. The Kier molecular flexibility index (Phi) is 13.1. The molecule has 0 aliphatic heterocycles. The average molecular weight is 714 g/mol. The summed E-state index contributed by atoms with van der Waals surface area (Å²) in [5.41, 5.74) is 1.80. The summed E-state index contributed by atoms with van der Waals surface area (Å²) in [5, 5.41) is 13.7. The van der Waals surface area contributed by atoms with E-state index in [1.54, 1.807) is 37.5 Å². The third-order valence-electron chi connectivity index (χ3n) is 7.39. The molecule has 1 aromatic heterocycles. The standard InChI is InChI=1S/C31H38F3N5O7S2/c1-21-20-35-15-13-26(21)25-10-8-9-24(19-25)23(3)39(48(45,46)28-12-5-4-11-27(28)31(32,33)34)17-7-6-14-36-30(42)37-16-18-47(43,44)38-22(2)29(40)41/h4-5,8-13,15,19-20,22-23,38H,6-7,14,16-18H2,1-3H3,(H,40,41)(H2,36,37,42)/t22-,23?/m0/s1. The number of halogens is 3. The molecule has 2 amide bonds. The number of sulfonamides is 2. The number of carbonyl (C=O) groups excluding carboxylic acids is 1. The maximum Gasteiger partial charge on any atom is 0.417 e. The molecule has 0 fully saturated rings. The number of benzene rings is 2. The van der Waals surface area contributed by atoms with Crippen LogP contribution in [0, 0.1) is 6.92 Å². The van der Waals surface area contributed by atoms with E-state index in [1.165, 1.54) is 6.07 Å². The Bertz CT molecular complexity index is 1810. The molecular weight excluding hydrogens is 675 g/mol. The Labute approximate surface area is 277 Å². The van der Waals surface area contributed by atoms with Crippen LogP contribution in [0.2, 0.25) is 0 Å². The van der Waals surface area contributed by atoms with Crippen molar-refractivity contribution >= 4 is 32.0 Å². The quantitative estimate of drug-likeness (QED) is 0.159. The maximum atomic E-state index is 14.0. The molecule has 4 N–H and O–H groups in total. The van der Waals surface area contributed by atoms with E-state index in [0.717, 1.165) is 46.1 Å². The van der Waals surface area contributed by atoms with Gasteiger partial charge in [0.15, 0.2) is 0 Å². The highest BCUT2D eigenvalue weighted by Crippen LogP contribution is 2.38. The fourth-order valence-electron chi connectivity index (χ4n) is 4.84. The zero-order valence-electron chi connectivity index (χ0n) is 26.5. The van der Waals surface area contributed by atoms with Gasteiger partial charge in [-0.25, -0.2) is 26.4 Å². The Morgan fingerprint density at radius 2 is 1.65 bits per heavy atom. The summed E-state index contributed by atoms with van der Waals surface area (Å²) < 4.78 is 96.5. The highest BCUT2D eigenvalue weighted by Gasteiger charge is 2.40. The molecule has 48 heavy (non-hydrogen) atoms. The molecule has 0 spiro atoms. The number of rotatable bonds is 16. The van der Waals surface area contributed by atoms with Crippen molar-refractivity contribution in [3.63, 3.8) is 0 Å². The molecule has 0 aliphatic carbocycles. The van der Waals surface area contributed by atoms with Crippen molar-refractivity contribution in [1.29, 1.82) is 0 Å². The molecule has 1 unspecified atom stereocenters. The second-order valence-electron chi connectivity index (χ2n) is 11.0. The van der Waals surface area contributed by atoms with Crippen molar-refractivity contribution in [2.75, 3.05) is 25.4 Å². The van der Waals surface area contributed by atoms with E-state index >= 15 is 0 Å². The first-order chi connectivity index (χ1) is 22.4. The van der Waals surface area contributed by atoms with Gasteiger partial charge in [-0.1, -0.05) is 30.3 Å². The number of nitrogens with one attached hydrogen (secondary N) is 3. The van der Waals surface area contributed by atoms with Gasteiger partial charge < -0.3 is 15.7 Å². The van der Waals surface area contributed by atoms with Crippen LogP contribution in [-0.4, -0.2) is 74.7 Å². The number of hydrogen-bond acceptors (Lipinski definition) is 7. The Hall–Kier alpha value is -4.06. The van der Waals surface area contributed by atoms with Crippen molar-refractivity contribution in [2.45, 2.75) is 56.8 Å². The van der Waals surface area contributed by atoms with Crippen molar-refractivity contribution in [2.24, 2.45) is 0 Å². The summed E-state index contributed by atoms with van der Waals surface area (Å²) in [6.45, 7) is 4.18. The van der Waals surface area contributed by atoms with Crippen LogP contribution in [0.5, 0.6) is 0 Å². The smallest absolute Gasteiger partial charge is 0.417 e. The normalized spacial score (nSPS) is 13.6. The summed E-state index contributed by atoms with van der Waals surface area (Å²) >= 11 is 0. The van der Waals surface area contributed by atoms with Gasteiger partial charge in [-0.15, -0.1) is 0 Å². The van der Waals surface area contributed by atoms with Gasteiger partial charge in [0.05, 0.1) is 16.2 Å². The van der Waals surface area contributed by atoms with Crippen molar-refractivity contribution < 1.29 is 44.7 Å². The maximum absolute atomic E-state index is 14.0. The molecule has 3 aromatic rings. The number of urea groups is 1. The molecule has 0 saturated carbocycles. The number of carboxylic acids is 1. The highest BCUT2D eigenvalue weighted by atomic mass is 32.2. The molecule has 3 rings (SSSR count). The number of unbranched alkanes of at least 4 members (excludes halogenated alkanes) is 1. The fourth-order valence-corrected chi connectivity index (χ4v) is 7.84. The third kappa shape index (κ3) is 10.5. The van der Waals surface area contributed by atoms with E-state index in [2.05, 4.69) is 15.6 Å². The van der Waals surface area contributed by atoms with Crippen LogP contribution < -0.4 is 15.4 Å². The lowest BCUT2D eigenvalue weighted by Gasteiger charge is -2.30. The highest BCUT2D eigenvalue weighted by molar-refractivity contribution is 7.89. The molecule has 0 bridgehead atoms. The average Bonchev–Trinajstić information content (AvgIpc) is 3.02. The van der Waals surface area contributed by atoms with Crippen LogP contribution >= 0.6 is 0 Å². The van der Waals surface area contributed by atoms with Crippen LogP contribution in [-0.2, 0) is 31.0 Å². The van der Waals surface area contributed by atoms with Crippen molar-refractivity contribution in [3.05, 3.63) is 83.7 Å². The lowest BCUT2D eigenvalue weighted by Crippen LogP contribution is -2.43. The molecule has 0 radical (unpaired) electrons. The van der Waals surface area contributed by atoms with E-state index in [-0.39, 0.29) is 32.5 Å². The molecule has 262 valence electrons. The minimum Gasteiger partial charge on any atom is -0.480 e. The van der Waals surface area contributed by atoms with Gasteiger partial charge in [-0.05, 0) is 80.1 Å². The molecule has 2 aromatic carbocycles. The van der Waals surface area contributed by atoms with E-state index < -0.39 is 66.5 Å². The predicted molar refractivity (Wildman–Crippen MR) is 173 cm³/mol. The minimum atomic E-state index is -4.92. The Balaban J connectivity index is 1.74. The largest absolute Gasteiger partial charge is 0.480 e. The number of amides is 2. The monoisotopic (exact) mass is 713 g/mol. The van der Waals surface area contributed by atoms with Crippen LogP contribution in [0.25, 0.3) is 11.1 Å². The third-order valence-corrected chi connectivity index (χ3v) is 10.9. The summed E-state index contributed by atoms with van der Waals surface area (Å²) in [5.74, 6) is -1.92. The number of aryl methyl sites for hydroxylation is 1.